The van der Waals surface area contributed by atoms with E-state index >= 15 is 0 Å². The molecule has 0 spiro atoms. The van der Waals surface area contributed by atoms with Crippen LogP contribution in [0.5, 0.6) is 0 Å². The lowest BCUT2D eigenvalue weighted by Gasteiger charge is -2.49. The van der Waals surface area contributed by atoms with Crippen LogP contribution in [0.4, 0.5) is 11.4 Å². The van der Waals surface area contributed by atoms with E-state index in [0.717, 1.165) is 0 Å². The van der Waals surface area contributed by atoms with Crippen molar-refractivity contribution in [2.75, 3.05) is 9.80 Å². The van der Waals surface area contributed by atoms with Crippen LogP contribution in [0.25, 0.3) is 0 Å². The van der Waals surface area contributed by atoms with Crippen LogP contribution in [0, 0.1) is 5.92 Å². The molecule has 0 aromatic heterocycles. The smallest absolute Gasteiger partial charge is 0.130 e. The minimum atomic E-state index is -0.123. The molecule has 0 radical (unpaired) electrons. The lowest BCUT2D eigenvalue weighted by molar-refractivity contribution is 0.290. The molecule has 2 atom stereocenters. The molecule has 0 amide bonds. The van der Waals surface area contributed by atoms with Crippen LogP contribution in [0.1, 0.15) is 108 Å². The van der Waals surface area contributed by atoms with E-state index in [9.17, 15) is 0 Å². The summed E-state index contributed by atoms with van der Waals surface area (Å²) in [5.41, 5.74) is 8.58. The Labute approximate surface area is 190 Å². The van der Waals surface area contributed by atoms with Crippen molar-refractivity contribution < 1.29 is 0 Å². The Morgan fingerprint density at radius 2 is 1.06 bits per heavy atom. The summed E-state index contributed by atoms with van der Waals surface area (Å²) in [6.45, 7) is 21.2. The van der Waals surface area contributed by atoms with Gasteiger partial charge in [0.2, 0.25) is 0 Å². The van der Waals surface area contributed by atoms with E-state index in [1.54, 1.807) is 0 Å². The van der Waals surface area contributed by atoms with E-state index in [2.05, 4.69) is 121 Å². The van der Waals surface area contributed by atoms with E-state index in [1.165, 1.54) is 33.6 Å². The summed E-state index contributed by atoms with van der Waals surface area (Å²) < 4.78 is 0. The molecular weight excluding hydrogens is 376 g/mol. The first-order valence-corrected chi connectivity index (χ1v) is 12.2. The fraction of sp³-hybridized carbons (Fsp3) is 0.517. The van der Waals surface area contributed by atoms with Gasteiger partial charge < -0.3 is 9.80 Å². The van der Waals surface area contributed by atoms with Crippen molar-refractivity contribution in [3.8, 4) is 0 Å². The van der Waals surface area contributed by atoms with Crippen LogP contribution in [-0.4, -0.2) is 5.66 Å². The summed E-state index contributed by atoms with van der Waals surface area (Å²) >= 11 is 0. The fourth-order valence-electron chi connectivity index (χ4n) is 6.16. The largest absolute Gasteiger partial charge is 0.321 e. The van der Waals surface area contributed by atoms with Gasteiger partial charge in [0, 0.05) is 29.7 Å². The standard InChI is InChI=1S/C29H40N2/c1-18(2)23-12-10-13-24(19(3)4)27(23)30-16-17-31-28-25(20(5)6)14-11-15-26(28)22(9)29(30,31)21(7)8/h10-22H,1-9H3/t22?,29-/m0/s1. The molecule has 0 aliphatic carbocycles. The van der Waals surface area contributed by atoms with E-state index in [-0.39, 0.29) is 5.66 Å². The minimum Gasteiger partial charge on any atom is -0.321 e. The number of nitrogens with zero attached hydrogens (tertiary/aromatic N) is 2. The van der Waals surface area contributed by atoms with Gasteiger partial charge in [0.1, 0.15) is 5.66 Å². The molecule has 166 valence electrons. The zero-order chi connectivity index (χ0) is 22.7. The molecule has 4 rings (SSSR count). The van der Waals surface area contributed by atoms with Gasteiger partial charge in [0.05, 0.1) is 0 Å². The number of para-hydroxylation sites is 2. The second-order valence-electron chi connectivity index (χ2n) is 10.7. The second kappa shape index (κ2) is 7.73. The zero-order valence-corrected chi connectivity index (χ0v) is 20.9. The van der Waals surface area contributed by atoms with Crippen LogP contribution >= 0.6 is 0 Å². The lowest BCUT2D eigenvalue weighted by atomic mass is 9.80. The predicted molar refractivity (Wildman–Crippen MR) is 135 cm³/mol. The van der Waals surface area contributed by atoms with E-state index in [4.69, 9.17) is 0 Å². The molecule has 31 heavy (non-hydrogen) atoms. The van der Waals surface area contributed by atoms with Crippen molar-refractivity contribution in [3.63, 3.8) is 0 Å². The van der Waals surface area contributed by atoms with E-state index < -0.39 is 0 Å². The molecule has 2 aromatic rings. The highest BCUT2D eigenvalue weighted by Gasteiger charge is 2.58. The monoisotopic (exact) mass is 416 g/mol. The van der Waals surface area contributed by atoms with Gasteiger partial charge in [0.15, 0.2) is 0 Å². The van der Waals surface area contributed by atoms with Gasteiger partial charge >= 0.3 is 0 Å². The van der Waals surface area contributed by atoms with Crippen LogP contribution in [0.2, 0.25) is 0 Å². The second-order valence-corrected chi connectivity index (χ2v) is 10.7. The number of rotatable bonds is 5. The maximum absolute atomic E-state index is 2.65. The molecule has 2 heteroatoms. The first kappa shape index (κ1) is 22.0. The normalized spacial score (nSPS) is 22.4. The number of fused-ring (bicyclic) bond motifs is 3. The van der Waals surface area contributed by atoms with Gasteiger partial charge in [0.25, 0.3) is 0 Å². The molecule has 2 aromatic carbocycles. The van der Waals surface area contributed by atoms with E-state index in [0.29, 0.717) is 29.6 Å². The van der Waals surface area contributed by atoms with Crippen molar-refractivity contribution in [1.29, 1.82) is 0 Å². The zero-order valence-electron chi connectivity index (χ0n) is 20.9. The predicted octanol–water partition coefficient (Wildman–Crippen LogP) is 8.32. The van der Waals surface area contributed by atoms with Gasteiger partial charge in [-0.15, -0.1) is 0 Å². The molecule has 1 unspecified atom stereocenters. The Morgan fingerprint density at radius 3 is 1.52 bits per heavy atom. The number of benzene rings is 2. The lowest BCUT2D eigenvalue weighted by Crippen LogP contribution is -2.58. The SMILES string of the molecule is CC(C)c1cccc(C(C)C)c1N1C=CN2c3c(C(C)C)cccc3C(C)[C@@]12C(C)C. The first-order valence-electron chi connectivity index (χ1n) is 12.2. The van der Waals surface area contributed by atoms with Gasteiger partial charge in [-0.05, 0) is 45.9 Å². The maximum atomic E-state index is 2.65. The van der Waals surface area contributed by atoms with Gasteiger partial charge in [-0.2, -0.15) is 0 Å². The summed E-state index contributed by atoms with van der Waals surface area (Å²) in [4.78, 5) is 5.27. The molecule has 2 nitrogen and oxygen atoms in total. The van der Waals surface area contributed by atoms with Gasteiger partial charge in [-0.25, -0.2) is 0 Å². The van der Waals surface area contributed by atoms with Gasteiger partial charge in [-0.3, -0.25) is 0 Å². The highest BCUT2D eigenvalue weighted by Crippen LogP contribution is 2.59. The Balaban J connectivity index is 2.00. The molecular formula is C29H40N2. The van der Waals surface area contributed by atoms with Crippen LogP contribution in [0.3, 0.4) is 0 Å². The quantitative estimate of drug-likeness (QED) is 0.483. The summed E-state index contributed by atoms with van der Waals surface area (Å²) in [5, 5.41) is 0. The van der Waals surface area contributed by atoms with Crippen molar-refractivity contribution in [1.82, 2.24) is 0 Å². The summed E-state index contributed by atoms with van der Waals surface area (Å²) in [6.07, 6.45) is 4.72. The number of hydrogen-bond acceptors (Lipinski definition) is 2. The average Bonchev–Trinajstić information content (AvgIpc) is 3.22. The van der Waals surface area contributed by atoms with Crippen LogP contribution < -0.4 is 9.80 Å². The third-order valence-electron chi connectivity index (χ3n) is 7.63. The highest BCUT2D eigenvalue weighted by atomic mass is 15.5. The van der Waals surface area contributed by atoms with Crippen molar-refractivity contribution >= 4 is 11.4 Å². The molecule has 2 heterocycles. The Kier molecular flexibility index (Phi) is 5.48. The molecule has 2 aliphatic heterocycles. The average molecular weight is 417 g/mol. The molecule has 0 saturated carbocycles. The van der Waals surface area contributed by atoms with Crippen LogP contribution in [0.15, 0.2) is 48.8 Å². The summed E-state index contributed by atoms with van der Waals surface area (Å²) in [6, 6.07) is 13.9. The topological polar surface area (TPSA) is 6.48 Å². The number of anilines is 2. The molecule has 0 saturated heterocycles. The molecule has 0 bridgehead atoms. The number of hydrogen-bond donors (Lipinski definition) is 0. The Morgan fingerprint density at radius 1 is 0.645 bits per heavy atom. The molecule has 0 fully saturated rings. The van der Waals surface area contributed by atoms with Crippen molar-refractivity contribution in [2.24, 2.45) is 5.92 Å². The first-order chi connectivity index (χ1) is 14.6. The van der Waals surface area contributed by atoms with E-state index in [1.807, 2.05) is 0 Å². The third kappa shape index (κ3) is 2.97. The third-order valence-corrected chi connectivity index (χ3v) is 7.63. The van der Waals surface area contributed by atoms with Crippen molar-refractivity contribution in [2.45, 2.75) is 91.6 Å². The van der Waals surface area contributed by atoms with Crippen molar-refractivity contribution in [3.05, 3.63) is 71.1 Å². The fourth-order valence-corrected chi connectivity index (χ4v) is 6.16. The molecule has 0 N–H and O–H groups in total. The summed E-state index contributed by atoms with van der Waals surface area (Å²) in [7, 11) is 0. The molecule has 2 aliphatic rings. The Bertz CT molecular complexity index is 972. The highest BCUT2D eigenvalue weighted by molar-refractivity contribution is 5.79. The maximum Gasteiger partial charge on any atom is 0.130 e. The summed E-state index contributed by atoms with van der Waals surface area (Å²) in [5.74, 6) is 2.31. The Hall–Kier alpha value is -2.22. The van der Waals surface area contributed by atoms with Gasteiger partial charge in [-0.1, -0.05) is 98.7 Å². The van der Waals surface area contributed by atoms with Crippen LogP contribution in [-0.2, 0) is 0 Å². The minimum absolute atomic E-state index is 0.123.